The van der Waals surface area contributed by atoms with E-state index in [1.165, 1.54) is 5.56 Å². The molecular weight excluding hydrogens is 264 g/mol. The topological polar surface area (TPSA) is 63.0 Å². The molecule has 21 heavy (non-hydrogen) atoms. The Labute approximate surface area is 126 Å². The van der Waals surface area contributed by atoms with Crippen molar-refractivity contribution < 1.29 is 5.11 Å². The third-order valence-electron chi connectivity index (χ3n) is 3.92. The molecule has 1 atom stereocenters. The maximum Gasteiger partial charge on any atom is 0.157 e. The van der Waals surface area contributed by atoms with E-state index >= 15 is 0 Å². The number of aryl methyl sites for hydroxylation is 2. The fourth-order valence-electron chi connectivity index (χ4n) is 2.81. The van der Waals surface area contributed by atoms with Gasteiger partial charge < -0.3 is 10.4 Å². The Morgan fingerprint density at radius 2 is 2.19 bits per heavy atom. The van der Waals surface area contributed by atoms with E-state index in [0.717, 1.165) is 49.1 Å². The quantitative estimate of drug-likeness (QED) is 0.782. The van der Waals surface area contributed by atoms with Gasteiger partial charge in [-0.05, 0) is 43.9 Å². The molecule has 5 nitrogen and oxygen atoms in total. The van der Waals surface area contributed by atoms with Gasteiger partial charge in [-0.15, -0.1) is 0 Å². The van der Waals surface area contributed by atoms with Gasteiger partial charge in [-0.2, -0.15) is 5.10 Å². The van der Waals surface area contributed by atoms with Crippen LogP contribution in [0.1, 0.15) is 37.4 Å². The average molecular weight is 290 g/mol. The van der Waals surface area contributed by atoms with E-state index in [-0.39, 0.29) is 6.61 Å². The van der Waals surface area contributed by atoms with E-state index in [9.17, 15) is 0 Å². The highest BCUT2D eigenvalue weighted by molar-refractivity contribution is 5.78. The summed E-state index contributed by atoms with van der Waals surface area (Å²) in [5.74, 6) is 0.553. The molecule has 0 amide bonds. The summed E-state index contributed by atoms with van der Waals surface area (Å²) >= 11 is 0. The molecule has 0 radical (unpaired) electrons. The Morgan fingerprint density at radius 1 is 1.38 bits per heavy atom. The smallest absolute Gasteiger partial charge is 0.157 e. The van der Waals surface area contributed by atoms with Crippen LogP contribution in [-0.2, 0) is 13.6 Å². The van der Waals surface area contributed by atoms with Crippen molar-refractivity contribution in [2.45, 2.75) is 39.7 Å². The first-order chi connectivity index (χ1) is 10.2. The molecule has 0 bridgehead atoms. The maximum atomic E-state index is 9.08. The molecule has 0 aliphatic carbocycles. The van der Waals surface area contributed by atoms with Crippen molar-refractivity contribution in [2.24, 2.45) is 13.0 Å². The second-order valence-corrected chi connectivity index (χ2v) is 5.72. The fourth-order valence-corrected chi connectivity index (χ4v) is 2.81. The zero-order chi connectivity index (χ0) is 15.2. The normalized spacial score (nSPS) is 13.0. The molecule has 116 valence electrons. The molecular formula is C16H26N4O. The van der Waals surface area contributed by atoms with E-state index in [4.69, 9.17) is 5.11 Å². The molecule has 0 aliphatic rings. The Kier molecular flexibility index (Phi) is 5.70. The van der Waals surface area contributed by atoms with Crippen molar-refractivity contribution in [3.63, 3.8) is 0 Å². The molecule has 2 aromatic rings. The van der Waals surface area contributed by atoms with Gasteiger partial charge in [0.25, 0.3) is 0 Å². The Morgan fingerprint density at radius 3 is 2.90 bits per heavy atom. The summed E-state index contributed by atoms with van der Waals surface area (Å²) in [6.45, 7) is 6.23. The zero-order valence-corrected chi connectivity index (χ0v) is 13.3. The van der Waals surface area contributed by atoms with Crippen LogP contribution in [0.2, 0.25) is 0 Å². The largest absolute Gasteiger partial charge is 0.396 e. The van der Waals surface area contributed by atoms with Crippen LogP contribution in [0.5, 0.6) is 0 Å². The minimum absolute atomic E-state index is 0.273. The van der Waals surface area contributed by atoms with Crippen molar-refractivity contribution >= 4 is 11.0 Å². The zero-order valence-electron chi connectivity index (χ0n) is 13.3. The summed E-state index contributed by atoms with van der Waals surface area (Å²) in [4.78, 5) is 4.49. The lowest BCUT2D eigenvalue weighted by molar-refractivity contribution is 0.248. The van der Waals surface area contributed by atoms with E-state index in [1.807, 2.05) is 24.9 Å². The van der Waals surface area contributed by atoms with Gasteiger partial charge in [-0.25, -0.2) is 4.98 Å². The number of aliphatic hydroxyl groups excluding tert-OH is 1. The van der Waals surface area contributed by atoms with Gasteiger partial charge in [0, 0.05) is 31.8 Å². The first kappa shape index (κ1) is 15.9. The van der Waals surface area contributed by atoms with Crippen molar-refractivity contribution in [1.82, 2.24) is 20.1 Å². The first-order valence-corrected chi connectivity index (χ1v) is 7.75. The van der Waals surface area contributed by atoms with Crippen LogP contribution in [0.3, 0.4) is 0 Å². The van der Waals surface area contributed by atoms with Crippen LogP contribution in [-0.4, -0.2) is 33.0 Å². The van der Waals surface area contributed by atoms with Crippen LogP contribution >= 0.6 is 0 Å². The molecule has 2 aromatic heterocycles. The molecule has 2 heterocycles. The van der Waals surface area contributed by atoms with Gasteiger partial charge in [0.05, 0.1) is 5.69 Å². The van der Waals surface area contributed by atoms with Gasteiger partial charge in [-0.3, -0.25) is 4.68 Å². The third kappa shape index (κ3) is 4.02. The van der Waals surface area contributed by atoms with Crippen molar-refractivity contribution in [3.8, 4) is 0 Å². The number of nitrogens with zero attached hydrogens (tertiary/aromatic N) is 3. The standard InChI is InChI=1S/C16H26N4O/c1-4-5-13(6-7-21)9-17-10-14-8-15-12(2)19-20(3)16(15)18-11-14/h8,11,13,17,21H,4-7,9-10H2,1-3H3. The summed E-state index contributed by atoms with van der Waals surface area (Å²) in [7, 11) is 1.92. The van der Waals surface area contributed by atoms with Crippen LogP contribution in [0.15, 0.2) is 12.3 Å². The summed E-state index contributed by atoms with van der Waals surface area (Å²) in [6.07, 6.45) is 5.11. The Balaban J connectivity index is 1.95. The summed E-state index contributed by atoms with van der Waals surface area (Å²) < 4.78 is 1.82. The molecule has 0 aromatic carbocycles. The molecule has 5 heteroatoms. The average Bonchev–Trinajstić information content (AvgIpc) is 2.74. The van der Waals surface area contributed by atoms with E-state index in [2.05, 4.69) is 28.4 Å². The van der Waals surface area contributed by atoms with E-state index in [0.29, 0.717) is 5.92 Å². The number of hydrogen-bond donors (Lipinski definition) is 2. The van der Waals surface area contributed by atoms with E-state index < -0.39 is 0 Å². The molecule has 0 saturated heterocycles. The minimum Gasteiger partial charge on any atom is -0.396 e. The van der Waals surface area contributed by atoms with Crippen LogP contribution in [0.4, 0.5) is 0 Å². The molecule has 0 fully saturated rings. The van der Waals surface area contributed by atoms with Crippen molar-refractivity contribution in [2.75, 3.05) is 13.2 Å². The number of aromatic nitrogens is 3. The fraction of sp³-hybridized carbons (Fsp3) is 0.625. The van der Waals surface area contributed by atoms with Crippen LogP contribution in [0, 0.1) is 12.8 Å². The number of nitrogens with one attached hydrogen (secondary N) is 1. The van der Waals surface area contributed by atoms with Gasteiger partial charge in [0.1, 0.15) is 0 Å². The monoisotopic (exact) mass is 290 g/mol. The highest BCUT2D eigenvalue weighted by Gasteiger charge is 2.09. The summed E-state index contributed by atoms with van der Waals surface area (Å²) in [6, 6.07) is 2.17. The van der Waals surface area contributed by atoms with Crippen molar-refractivity contribution in [1.29, 1.82) is 0 Å². The van der Waals surface area contributed by atoms with Gasteiger partial charge in [0.2, 0.25) is 0 Å². The first-order valence-electron chi connectivity index (χ1n) is 7.75. The summed E-state index contributed by atoms with van der Waals surface area (Å²) in [5, 5.41) is 18.1. The van der Waals surface area contributed by atoms with Gasteiger partial charge in [-0.1, -0.05) is 13.3 Å². The van der Waals surface area contributed by atoms with Crippen LogP contribution < -0.4 is 5.32 Å². The Hall–Kier alpha value is -1.46. The molecule has 1 unspecified atom stereocenters. The Bertz CT molecular complexity index is 573. The number of aliphatic hydroxyl groups is 1. The molecule has 0 spiro atoms. The second-order valence-electron chi connectivity index (χ2n) is 5.72. The van der Waals surface area contributed by atoms with Crippen LogP contribution in [0.25, 0.3) is 11.0 Å². The number of rotatable bonds is 8. The predicted molar refractivity (Wildman–Crippen MR) is 85.1 cm³/mol. The number of fused-ring (bicyclic) bond motifs is 1. The van der Waals surface area contributed by atoms with Crippen molar-refractivity contribution in [3.05, 3.63) is 23.5 Å². The van der Waals surface area contributed by atoms with E-state index in [1.54, 1.807) is 0 Å². The maximum absolute atomic E-state index is 9.08. The SMILES string of the molecule is CCCC(CCO)CNCc1cnc2c(c1)c(C)nn2C. The highest BCUT2D eigenvalue weighted by Crippen LogP contribution is 2.16. The highest BCUT2D eigenvalue weighted by atomic mass is 16.3. The lowest BCUT2D eigenvalue weighted by Crippen LogP contribution is -2.23. The molecule has 0 aliphatic heterocycles. The lowest BCUT2D eigenvalue weighted by atomic mass is 10.0. The molecule has 2 N–H and O–H groups in total. The lowest BCUT2D eigenvalue weighted by Gasteiger charge is -2.15. The second kappa shape index (κ2) is 7.52. The van der Waals surface area contributed by atoms with Gasteiger partial charge in [0.15, 0.2) is 5.65 Å². The molecule has 0 saturated carbocycles. The molecule has 2 rings (SSSR count). The van der Waals surface area contributed by atoms with Gasteiger partial charge >= 0.3 is 0 Å². The third-order valence-corrected chi connectivity index (χ3v) is 3.92. The summed E-state index contributed by atoms with van der Waals surface area (Å²) in [5.41, 5.74) is 3.13. The minimum atomic E-state index is 0.273. The number of hydrogen-bond acceptors (Lipinski definition) is 4. The predicted octanol–water partition coefficient (Wildman–Crippen LogP) is 2.17. The number of pyridine rings is 1.